The number of rotatable bonds is 0. The molecule has 12 heavy (non-hydrogen) atoms. The highest BCUT2D eigenvalue weighted by Crippen LogP contribution is 2.38. The van der Waals surface area contributed by atoms with Crippen molar-refractivity contribution in [2.45, 2.75) is 0 Å². The van der Waals surface area contributed by atoms with Crippen LogP contribution in [0.1, 0.15) is 0 Å². The van der Waals surface area contributed by atoms with Gasteiger partial charge in [0.2, 0.25) is 0 Å². The highest BCUT2D eigenvalue weighted by molar-refractivity contribution is 5.30. The van der Waals surface area contributed by atoms with Gasteiger partial charge in [-0.1, -0.05) is 48.6 Å². The fraction of sp³-hybridized carbons (Fsp3) is 0.333. The molecule has 0 heterocycles. The molecule has 0 aromatic carbocycles. The largest absolute Gasteiger partial charge is 0.0827 e. The topological polar surface area (TPSA) is 0 Å². The van der Waals surface area contributed by atoms with Crippen molar-refractivity contribution < 1.29 is 0 Å². The monoisotopic (exact) mass is 156 g/mol. The highest BCUT2D eigenvalue weighted by Gasteiger charge is 2.29. The molecule has 0 radical (unpaired) electrons. The zero-order chi connectivity index (χ0) is 7.97. The smallest absolute Gasteiger partial charge is 0.0128 e. The van der Waals surface area contributed by atoms with Crippen LogP contribution in [0.3, 0.4) is 0 Å². The SMILES string of the molecule is C1=CC2C=CC3C=CC1C=CC23. The molecule has 0 aromatic heterocycles. The third-order valence-electron chi connectivity index (χ3n) is 3.11. The molecular formula is C12H12. The second kappa shape index (κ2) is 2.22. The van der Waals surface area contributed by atoms with Crippen molar-refractivity contribution in [1.82, 2.24) is 0 Å². The van der Waals surface area contributed by atoms with E-state index in [0.29, 0.717) is 23.7 Å². The Balaban J connectivity index is 2.15. The highest BCUT2D eigenvalue weighted by atomic mass is 14.3. The molecule has 3 rings (SSSR count). The van der Waals surface area contributed by atoms with E-state index in [1.54, 1.807) is 0 Å². The van der Waals surface area contributed by atoms with E-state index in [1.165, 1.54) is 0 Å². The third kappa shape index (κ3) is 0.781. The van der Waals surface area contributed by atoms with Crippen LogP contribution in [-0.2, 0) is 0 Å². The Labute approximate surface area is 73.0 Å². The van der Waals surface area contributed by atoms with Crippen LogP contribution in [0.5, 0.6) is 0 Å². The summed E-state index contributed by atoms with van der Waals surface area (Å²) in [6, 6.07) is 0. The lowest BCUT2D eigenvalue weighted by molar-refractivity contribution is 0.523. The second-order valence-electron chi connectivity index (χ2n) is 3.85. The molecule has 0 spiro atoms. The van der Waals surface area contributed by atoms with Gasteiger partial charge in [0.15, 0.2) is 0 Å². The molecule has 0 atom stereocenters. The quantitative estimate of drug-likeness (QED) is 0.473. The Kier molecular flexibility index (Phi) is 1.20. The summed E-state index contributed by atoms with van der Waals surface area (Å²) in [5.41, 5.74) is 0. The Morgan fingerprint density at radius 1 is 0.500 bits per heavy atom. The Morgan fingerprint density at radius 3 is 1.67 bits per heavy atom. The number of allylic oxidation sites excluding steroid dienone is 8. The first kappa shape index (κ1) is 6.47. The van der Waals surface area contributed by atoms with E-state index in [-0.39, 0.29) is 0 Å². The van der Waals surface area contributed by atoms with Crippen molar-refractivity contribution in [3.8, 4) is 0 Å². The fourth-order valence-corrected chi connectivity index (χ4v) is 2.37. The van der Waals surface area contributed by atoms with Crippen LogP contribution in [0, 0.1) is 23.7 Å². The van der Waals surface area contributed by atoms with E-state index in [9.17, 15) is 0 Å². The van der Waals surface area contributed by atoms with Crippen molar-refractivity contribution >= 4 is 0 Å². The van der Waals surface area contributed by atoms with E-state index in [0.717, 1.165) is 0 Å². The van der Waals surface area contributed by atoms with Crippen molar-refractivity contribution in [3.63, 3.8) is 0 Å². The average molecular weight is 156 g/mol. The zero-order valence-corrected chi connectivity index (χ0v) is 6.93. The van der Waals surface area contributed by atoms with Gasteiger partial charge in [0.05, 0.1) is 0 Å². The molecule has 2 bridgehead atoms. The average Bonchev–Trinajstić information content (AvgIpc) is 2.26. The number of hydrogen-bond acceptors (Lipinski definition) is 0. The first-order chi connectivity index (χ1) is 5.93. The maximum Gasteiger partial charge on any atom is 0.0128 e. The molecule has 0 unspecified atom stereocenters. The standard InChI is InChI=1S/C12H12/c1-4-10-6-7-11-5-2-9(1)3-8-12(10)11/h1-12H. The predicted molar refractivity (Wildman–Crippen MR) is 50.5 cm³/mol. The van der Waals surface area contributed by atoms with Crippen LogP contribution in [0.15, 0.2) is 48.6 Å². The van der Waals surface area contributed by atoms with Gasteiger partial charge in [0.1, 0.15) is 0 Å². The van der Waals surface area contributed by atoms with Crippen LogP contribution in [0.2, 0.25) is 0 Å². The summed E-state index contributed by atoms with van der Waals surface area (Å²) in [5.74, 6) is 2.61. The summed E-state index contributed by atoms with van der Waals surface area (Å²) in [5, 5.41) is 0. The third-order valence-corrected chi connectivity index (χ3v) is 3.11. The van der Waals surface area contributed by atoms with E-state index in [1.807, 2.05) is 0 Å². The van der Waals surface area contributed by atoms with Crippen LogP contribution in [0.4, 0.5) is 0 Å². The Morgan fingerprint density at radius 2 is 1.00 bits per heavy atom. The van der Waals surface area contributed by atoms with E-state index < -0.39 is 0 Å². The first-order valence-electron chi connectivity index (χ1n) is 4.67. The van der Waals surface area contributed by atoms with Gasteiger partial charge in [-0.05, 0) is 5.92 Å². The normalized spacial score (nSPS) is 46.7. The lowest BCUT2D eigenvalue weighted by Crippen LogP contribution is -2.09. The molecule has 60 valence electrons. The molecule has 0 heteroatoms. The maximum absolute atomic E-state index is 2.39. The minimum absolute atomic E-state index is 0.558. The van der Waals surface area contributed by atoms with Crippen molar-refractivity contribution in [3.05, 3.63) is 48.6 Å². The van der Waals surface area contributed by atoms with Crippen LogP contribution < -0.4 is 0 Å². The van der Waals surface area contributed by atoms with E-state index in [2.05, 4.69) is 48.6 Å². The van der Waals surface area contributed by atoms with E-state index >= 15 is 0 Å². The molecule has 3 aliphatic carbocycles. The van der Waals surface area contributed by atoms with Crippen molar-refractivity contribution in [2.24, 2.45) is 23.7 Å². The Hall–Kier alpha value is -1.04. The molecule has 0 amide bonds. The van der Waals surface area contributed by atoms with Crippen LogP contribution in [0.25, 0.3) is 0 Å². The molecule has 0 nitrogen and oxygen atoms in total. The molecule has 0 saturated carbocycles. The molecule has 0 aromatic rings. The van der Waals surface area contributed by atoms with Gasteiger partial charge in [0, 0.05) is 17.8 Å². The summed E-state index contributed by atoms with van der Waals surface area (Å²) in [7, 11) is 0. The fourth-order valence-electron chi connectivity index (χ4n) is 2.37. The van der Waals surface area contributed by atoms with E-state index in [4.69, 9.17) is 0 Å². The number of fused-ring (bicyclic) bond motifs is 1. The van der Waals surface area contributed by atoms with Gasteiger partial charge in [-0.2, -0.15) is 0 Å². The van der Waals surface area contributed by atoms with Crippen LogP contribution in [-0.4, -0.2) is 0 Å². The van der Waals surface area contributed by atoms with Crippen LogP contribution >= 0.6 is 0 Å². The minimum Gasteiger partial charge on any atom is -0.0827 e. The molecule has 0 N–H and O–H groups in total. The predicted octanol–water partition coefficient (Wildman–Crippen LogP) is 2.72. The molecular weight excluding hydrogens is 144 g/mol. The summed E-state index contributed by atoms with van der Waals surface area (Å²) in [6.45, 7) is 0. The van der Waals surface area contributed by atoms with Gasteiger partial charge in [-0.3, -0.25) is 0 Å². The Bertz CT molecular complexity index is 280. The number of hydrogen-bond donors (Lipinski definition) is 0. The minimum atomic E-state index is 0.558. The first-order valence-corrected chi connectivity index (χ1v) is 4.67. The van der Waals surface area contributed by atoms with Crippen molar-refractivity contribution in [1.29, 1.82) is 0 Å². The molecule has 0 saturated heterocycles. The molecule has 0 aliphatic heterocycles. The van der Waals surface area contributed by atoms with Crippen molar-refractivity contribution in [2.75, 3.05) is 0 Å². The maximum atomic E-state index is 2.39. The molecule has 0 fully saturated rings. The van der Waals surface area contributed by atoms with Gasteiger partial charge in [-0.25, -0.2) is 0 Å². The lowest BCUT2D eigenvalue weighted by atomic mass is 9.88. The van der Waals surface area contributed by atoms with Gasteiger partial charge >= 0.3 is 0 Å². The summed E-state index contributed by atoms with van der Waals surface area (Å²) in [6.07, 6.45) is 18.7. The van der Waals surface area contributed by atoms with Gasteiger partial charge in [0.25, 0.3) is 0 Å². The summed E-state index contributed by atoms with van der Waals surface area (Å²) < 4.78 is 0. The second-order valence-corrected chi connectivity index (χ2v) is 3.85. The summed E-state index contributed by atoms with van der Waals surface area (Å²) in [4.78, 5) is 0. The lowest BCUT2D eigenvalue weighted by Gasteiger charge is -2.16. The molecule has 3 aliphatic rings. The van der Waals surface area contributed by atoms with Gasteiger partial charge < -0.3 is 0 Å². The zero-order valence-electron chi connectivity index (χ0n) is 6.93. The van der Waals surface area contributed by atoms with Gasteiger partial charge in [-0.15, -0.1) is 0 Å². The summed E-state index contributed by atoms with van der Waals surface area (Å²) >= 11 is 0.